The summed E-state index contributed by atoms with van der Waals surface area (Å²) in [7, 11) is 0. The van der Waals surface area contributed by atoms with E-state index in [2.05, 4.69) is 53.3 Å². The quantitative estimate of drug-likeness (QED) is 0.514. The van der Waals surface area contributed by atoms with Crippen molar-refractivity contribution in [3.05, 3.63) is 71.7 Å². The van der Waals surface area contributed by atoms with Crippen LogP contribution in [0.4, 0.5) is 14.9 Å². The van der Waals surface area contributed by atoms with Gasteiger partial charge in [-0.05, 0) is 98.9 Å². The minimum atomic E-state index is -0.212. The van der Waals surface area contributed by atoms with E-state index in [-0.39, 0.29) is 17.9 Å². The second kappa shape index (κ2) is 10.2. The number of hydrogen-bond acceptors (Lipinski definition) is 3. The summed E-state index contributed by atoms with van der Waals surface area (Å²) in [6.45, 7) is 7.45. The first-order valence-corrected chi connectivity index (χ1v) is 12.9. The average molecular weight is 475 g/mol. The predicted octanol–water partition coefficient (Wildman–Crippen LogP) is 5.88. The number of pyridine rings is 1. The molecule has 1 aliphatic heterocycles. The summed E-state index contributed by atoms with van der Waals surface area (Å²) in [5.41, 5.74) is 4.56. The number of carbonyl (C=O) groups is 1. The molecule has 0 radical (unpaired) electrons. The van der Waals surface area contributed by atoms with Gasteiger partial charge in [-0.1, -0.05) is 12.1 Å². The first kappa shape index (κ1) is 23.6. The third-order valence-electron chi connectivity index (χ3n) is 7.94. The molecular formula is C29H35FN4O. The van der Waals surface area contributed by atoms with Crippen LogP contribution in [-0.4, -0.2) is 48.1 Å². The summed E-state index contributed by atoms with van der Waals surface area (Å²) >= 11 is 0. The molecule has 1 N–H and O–H groups in total. The van der Waals surface area contributed by atoms with Crippen molar-refractivity contribution in [1.29, 1.82) is 0 Å². The van der Waals surface area contributed by atoms with E-state index >= 15 is 0 Å². The topological polar surface area (TPSA) is 48.5 Å². The Morgan fingerprint density at radius 2 is 1.80 bits per heavy atom. The molecule has 1 aromatic heterocycles. The molecule has 3 aromatic rings. The van der Waals surface area contributed by atoms with Crippen molar-refractivity contribution in [3.63, 3.8) is 0 Å². The highest BCUT2D eigenvalue weighted by atomic mass is 19.1. The minimum Gasteiger partial charge on any atom is -0.368 e. The van der Waals surface area contributed by atoms with Crippen LogP contribution in [0.15, 0.2) is 54.7 Å². The first-order valence-electron chi connectivity index (χ1n) is 12.9. The van der Waals surface area contributed by atoms with E-state index in [1.165, 1.54) is 22.9 Å². The molecule has 0 bridgehead atoms. The fourth-order valence-corrected chi connectivity index (χ4v) is 5.82. The van der Waals surface area contributed by atoms with Crippen LogP contribution in [0.5, 0.6) is 0 Å². The number of piperazine rings is 1. The van der Waals surface area contributed by atoms with Crippen molar-refractivity contribution in [2.75, 3.05) is 31.1 Å². The summed E-state index contributed by atoms with van der Waals surface area (Å²) < 4.78 is 13.9. The summed E-state index contributed by atoms with van der Waals surface area (Å²) in [6, 6.07) is 15.7. The number of aryl methyl sites for hydroxylation is 1. The van der Waals surface area contributed by atoms with E-state index < -0.39 is 0 Å². The van der Waals surface area contributed by atoms with Gasteiger partial charge >= 0.3 is 6.03 Å². The number of benzene rings is 2. The number of halogens is 1. The monoisotopic (exact) mass is 474 g/mol. The van der Waals surface area contributed by atoms with Gasteiger partial charge in [-0.25, -0.2) is 9.18 Å². The van der Waals surface area contributed by atoms with Crippen molar-refractivity contribution < 1.29 is 9.18 Å². The molecule has 1 aliphatic carbocycles. The largest absolute Gasteiger partial charge is 0.368 e. The Bertz CT molecular complexity index is 1180. The van der Waals surface area contributed by atoms with Gasteiger partial charge in [0, 0.05) is 49.5 Å². The van der Waals surface area contributed by atoms with Gasteiger partial charge in [0.2, 0.25) is 0 Å². The lowest BCUT2D eigenvalue weighted by Crippen LogP contribution is -2.54. The van der Waals surface area contributed by atoms with E-state index in [1.807, 2.05) is 17.2 Å². The van der Waals surface area contributed by atoms with Gasteiger partial charge < -0.3 is 15.1 Å². The smallest absolute Gasteiger partial charge is 0.317 e. The second-order valence-electron chi connectivity index (χ2n) is 10.2. The number of amides is 2. The molecule has 35 heavy (non-hydrogen) atoms. The SMILES string of the molecule is Cc1cccc(N2CCN(C(=O)N[C@H](C)[C@H]3CC[C@@H](c4ccnc5ccc(F)cc54)CC3)CC2)c1. The molecule has 2 aliphatic rings. The molecule has 1 atom stereocenters. The Hall–Kier alpha value is -3.15. The highest BCUT2D eigenvalue weighted by Gasteiger charge is 2.29. The summed E-state index contributed by atoms with van der Waals surface area (Å²) in [6.07, 6.45) is 6.06. The zero-order chi connectivity index (χ0) is 24.4. The van der Waals surface area contributed by atoms with Crippen LogP contribution in [0, 0.1) is 18.7 Å². The molecule has 2 fully saturated rings. The Kier molecular flexibility index (Phi) is 6.89. The number of aromatic nitrogens is 1. The van der Waals surface area contributed by atoms with Crippen molar-refractivity contribution in [3.8, 4) is 0 Å². The van der Waals surface area contributed by atoms with E-state index in [9.17, 15) is 9.18 Å². The van der Waals surface area contributed by atoms with E-state index in [4.69, 9.17) is 0 Å². The van der Waals surface area contributed by atoms with Crippen LogP contribution in [0.2, 0.25) is 0 Å². The van der Waals surface area contributed by atoms with Crippen LogP contribution in [0.1, 0.15) is 49.7 Å². The van der Waals surface area contributed by atoms with Gasteiger partial charge in [0.05, 0.1) is 5.52 Å². The Balaban J connectivity index is 1.13. The zero-order valence-electron chi connectivity index (χ0n) is 20.7. The number of urea groups is 1. The summed E-state index contributed by atoms with van der Waals surface area (Å²) in [5, 5.41) is 4.22. The van der Waals surface area contributed by atoms with E-state index in [0.29, 0.717) is 11.8 Å². The van der Waals surface area contributed by atoms with Crippen molar-refractivity contribution in [1.82, 2.24) is 15.2 Å². The van der Waals surface area contributed by atoms with Crippen LogP contribution in [0.25, 0.3) is 10.9 Å². The highest BCUT2D eigenvalue weighted by Crippen LogP contribution is 2.39. The van der Waals surface area contributed by atoms with Crippen LogP contribution >= 0.6 is 0 Å². The van der Waals surface area contributed by atoms with Crippen LogP contribution in [-0.2, 0) is 0 Å². The number of carbonyl (C=O) groups excluding carboxylic acids is 1. The van der Waals surface area contributed by atoms with Gasteiger partial charge in [-0.3, -0.25) is 4.98 Å². The Labute approximate surface area is 207 Å². The summed E-state index contributed by atoms with van der Waals surface area (Å²) in [5.74, 6) is 0.668. The maximum absolute atomic E-state index is 13.9. The number of fused-ring (bicyclic) bond motifs is 1. The lowest BCUT2D eigenvalue weighted by molar-refractivity contribution is 0.181. The Morgan fingerprint density at radius 3 is 2.54 bits per heavy atom. The van der Waals surface area contributed by atoms with Gasteiger partial charge in [0.1, 0.15) is 5.82 Å². The highest BCUT2D eigenvalue weighted by molar-refractivity contribution is 5.82. The zero-order valence-corrected chi connectivity index (χ0v) is 20.7. The van der Waals surface area contributed by atoms with Crippen LogP contribution < -0.4 is 10.2 Å². The van der Waals surface area contributed by atoms with E-state index in [0.717, 1.165) is 62.8 Å². The molecule has 2 aromatic carbocycles. The predicted molar refractivity (Wildman–Crippen MR) is 139 cm³/mol. The van der Waals surface area contributed by atoms with Crippen molar-refractivity contribution >= 4 is 22.6 Å². The van der Waals surface area contributed by atoms with Gasteiger partial charge in [-0.15, -0.1) is 0 Å². The Morgan fingerprint density at radius 1 is 1.03 bits per heavy atom. The maximum atomic E-state index is 13.9. The molecular weight excluding hydrogens is 439 g/mol. The number of rotatable bonds is 4. The lowest BCUT2D eigenvalue weighted by atomic mass is 9.75. The molecule has 2 amide bonds. The van der Waals surface area contributed by atoms with Gasteiger partial charge in [0.25, 0.3) is 0 Å². The third-order valence-corrected chi connectivity index (χ3v) is 7.94. The molecule has 1 saturated carbocycles. The fraction of sp³-hybridized carbons (Fsp3) is 0.448. The van der Waals surface area contributed by atoms with Gasteiger partial charge in [0.15, 0.2) is 0 Å². The molecule has 184 valence electrons. The maximum Gasteiger partial charge on any atom is 0.317 e. The van der Waals surface area contributed by atoms with Crippen molar-refractivity contribution in [2.45, 2.75) is 51.5 Å². The standard InChI is InChI=1S/C29H35FN4O/c1-20-4-3-5-25(18-20)33-14-16-34(17-15-33)29(35)32-21(2)22-6-8-23(9-7-22)26-12-13-31-28-11-10-24(30)19-27(26)28/h3-5,10-13,18-19,21-23H,6-9,14-17H2,1-2H3,(H,32,35)/t21-,22-,23+/m1/s1. The lowest BCUT2D eigenvalue weighted by Gasteiger charge is -2.38. The minimum absolute atomic E-state index is 0.0547. The van der Waals surface area contributed by atoms with Crippen molar-refractivity contribution in [2.24, 2.45) is 5.92 Å². The fourth-order valence-electron chi connectivity index (χ4n) is 5.82. The van der Waals surface area contributed by atoms with Gasteiger partial charge in [-0.2, -0.15) is 0 Å². The molecule has 0 spiro atoms. The summed E-state index contributed by atoms with van der Waals surface area (Å²) in [4.78, 5) is 21.7. The number of nitrogens with zero attached hydrogens (tertiary/aromatic N) is 3. The third kappa shape index (κ3) is 5.26. The molecule has 0 unspecified atom stereocenters. The molecule has 5 nitrogen and oxygen atoms in total. The normalized spacial score (nSPS) is 21.7. The number of hydrogen-bond donors (Lipinski definition) is 1. The molecule has 1 saturated heterocycles. The van der Waals surface area contributed by atoms with E-state index in [1.54, 1.807) is 12.1 Å². The first-order chi connectivity index (χ1) is 17.0. The number of anilines is 1. The molecule has 6 heteroatoms. The molecule has 5 rings (SSSR count). The number of nitrogens with one attached hydrogen (secondary N) is 1. The molecule has 2 heterocycles. The second-order valence-corrected chi connectivity index (χ2v) is 10.2. The average Bonchev–Trinajstić information content (AvgIpc) is 2.88. The van der Waals surface area contributed by atoms with Crippen LogP contribution in [0.3, 0.4) is 0 Å².